The van der Waals surface area contributed by atoms with Crippen LogP contribution in [0.25, 0.3) is 11.2 Å². The topological polar surface area (TPSA) is 97.5 Å². The number of fused-ring (bicyclic) bond motifs is 1. The molecule has 0 bridgehead atoms. The van der Waals surface area contributed by atoms with Gasteiger partial charge < -0.3 is 30.2 Å². The number of likely N-dealkylation sites (tertiary alicyclic amines) is 1. The Bertz CT molecular complexity index is 1190. The Morgan fingerprint density at radius 3 is 2.45 bits per heavy atom. The summed E-state index contributed by atoms with van der Waals surface area (Å²) in [5.74, 6) is 2.09. The lowest BCUT2D eigenvalue weighted by Gasteiger charge is -2.37. The van der Waals surface area contributed by atoms with Crippen molar-refractivity contribution in [1.29, 1.82) is 0 Å². The van der Waals surface area contributed by atoms with Gasteiger partial charge in [-0.3, -0.25) is 4.90 Å². The number of benzene rings is 1. The van der Waals surface area contributed by atoms with Crippen LogP contribution in [0.5, 0.6) is 5.75 Å². The number of hydrogen-bond acceptors (Lipinski definition) is 9. The lowest BCUT2D eigenvalue weighted by atomic mass is 9.95. The van der Waals surface area contributed by atoms with E-state index in [1.165, 1.54) is 76.8 Å². The first-order valence-corrected chi connectivity index (χ1v) is 14.4. The molecule has 4 heterocycles. The lowest BCUT2D eigenvalue weighted by Crippen LogP contribution is -2.48. The van der Waals surface area contributed by atoms with E-state index in [0.717, 1.165) is 54.6 Å². The molecule has 0 radical (unpaired) electrons. The highest BCUT2D eigenvalue weighted by molar-refractivity contribution is 5.84. The maximum atomic E-state index is 5.79. The third-order valence-electron chi connectivity index (χ3n) is 8.33. The fourth-order valence-electron chi connectivity index (χ4n) is 6.05. The standard InChI is InChI=1S/C28H41N9O/c1-38-24-19-22(37-17-15-36(16-18-37)14-13-35-11-5-6-12-35)9-10-23(24)32-28-33-26-25(29-20-30-26)27(34-28)31-21-7-3-2-4-8-21/h9-10,19-21H,2-8,11-18H2,1H3,(H3,29,30,31,32,33,34). The van der Waals surface area contributed by atoms with E-state index < -0.39 is 0 Å². The van der Waals surface area contributed by atoms with E-state index in [-0.39, 0.29) is 0 Å². The van der Waals surface area contributed by atoms with E-state index >= 15 is 0 Å². The normalized spacial score (nSPS) is 19.8. The molecule has 3 aromatic rings. The molecule has 10 nitrogen and oxygen atoms in total. The predicted molar refractivity (Wildman–Crippen MR) is 153 cm³/mol. The molecule has 0 unspecified atom stereocenters. The number of aromatic amines is 1. The van der Waals surface area contributed by atoms with Crippen LogP contribution in [0, 0.1) is 0 Å². The van der Waals surface area contributed by atoms with Crippen molar-refractivity contribution in [2.24, 2.45) is 0 Å². The molecule has 204 valence electrons. The van der Waals surface area contributed by atoms with Crippen LogP contribution in [0.4, 0.5) is 23.1 Å². The average molecular weight is 520 g/mol. The fraction of sp³-hybridized carbons (Fsp3) is 0.607. The number of nitrogens with one attached hydrogen (secondary N) is 3. The molecule has 2 aliphatic heterocycles. The van der Waals surface area contributed by atoms with Crippen molar-refractivity contribution in [3.63, 3.8) is 0 Å². The Labute approximate surface area is 225 Å². The Hall–Kier alpha value is -3.11. The Kier molecular flexibility index (Phi) is 7.78. The van der Waals surface area contributed by atoms with Gasteiger partial charge in [0.15, 0.2) is 11.5 Å². The minimum absolute atomic E-state index is 0.431. The molecule has 0 atom stereocenters. The second-order valence-corrected chi connectivity index (χ2v) is 10.9. The van der Waals surface area contributed by atoms with Gasteiger partial charge in [-0.15, -0.1) is 0 Å². The molecule has 3 aliphatic rings. The first-order chi connectivity index (χ1) is 18.7. The molecular formula is C28H41N9O. The maximum absolute atomic E-state index is 5.79. The van der Waals surface area contributed by atoms with Gasteiger partial charge in [0.25, 0.3) is 0 Å². The Morgan fingerprint density at radius 1 is 0.921 bits per heavy atom. The highest BCUT2D eigenvalue weighted by Crippen LogP contribution is 2.33. The third-order valence-corrected chi connectivity index (χ3v) is 8.33. The zero-order valence-corrected chi connectivity index (χ0v) is 22.6. The molecule has 0 amide bonds. The van der Waals surface area contributed by atoms with E-state index in [2.05, 4.69) is 58.5 Å². The first-order valence-electron chi connectivity index (χ1n) is 14.4. The minimum atomic E-state index is 0.431. The van der Waals surface area contributed by atoms with Crippen molar-refractivity contribution in [3.8, 4) is 5.75 Å². The number of rotatable bonds is 9. The SMILES string of the molecule is COc1cc(N2CCN(CCN3CCCC3)CC2)ccc1Nc1nc(NC2CCCCC2)c2nc[nH]c2n1. The molecule has 1 aromatic carbocycles. The summed E-state index contributed by atoms with van der Waals surface area (Å²) in [6.07, 6.45) is 10.6. The number of anilines is 4. The van der Waals surface area contributed by atoms with Crippen LogP contribution in [-0.2, 0) is 0 Å². The summed E-state index contributed by atoms with van der Waals surface area (Å²) in [5.41, 5.74) is 3.54. The van der Waals surface area contributed by atoms with Crippen molar-refractivity contribution in [1.82, 2.24) is 29.7 Å². The van der Waals surface area contributed by atoms with Crippen molar-refractivity contribution in [2.45, 2.75) is 51.0 Å². The number of hydrogen-bond donors (Lipinski definition) is 3. The predicted octanol–water partition coefficient (Wildman–Crippen LogP) is 4.07. The van der Waals surface area contributed by atoms with Crippen LogP contribution in [0.2, 0.25) is 0 Å². The Morgan fingerprint density at radius 2 is 1.68 bits per heavy atom. The molecule has 1 aliphatic carbocycles. The number of ether oxygens (including phenoxy) is 1. The molecule has 6 rings (SSSR count). The van der Waals surface area contributed by atoms with Crippen molar-refractivity contribution in [2.75, 3.05) is 75.0 Å². The smallest absolute Gasteiger partial charge is 0.231 e. The van der Waals surface area contributed by atoms with E-state index in [4.69, 9.17) is 9.72 Å². The highest BCUT2D eigenvalue weighted by atomic mass is 16.5. The van der Waals surface area contributed by atoms with Gasteiger partial charge in [-0.25, -0.2) is 4.98 Å². The molecule has 3 fully saturated rings. The van der Waals surface area contributed by atoms with Crippen LogP contribution in [0.15, 0.2) is 24.5 Å². The second-order valence-electron chi connectivity index (χ2n) is 10.9. The van der Waals surface area contributed by atoms with Crippen molar-refractivity contribution >= 4 is 34.3 Å². The summed E-state index contributed by atoms with van der Waals surface area (Å²) in [4.78, 5) is 24.7. The molecule has 3 N–H and O–H groups in total. The average Bonchev–Trinajstić information content (AvgIpc) is 3.66. The summed E-state index contributed by atoms with van der Waals surface area (Å²) < 4.78 is 5.79. The zero-order valence-electron chi connectivity index (χ0n) is 22.6. The van der Waals surface area contributed by atoms with Gasteiger partial charge in [0.05, 0.1) is 19.1 Å². The number of imidazole rings is 1. The van der Waals surface area contributed by atoms with Gasteiger partial charge in [-0.05, 0) is 50.9 Å². The van der Waals surface area contributed by atoms with Gasteiger partial charge in [-0.1, -0.05) is 19.3 Å². The molecular weight excluding hydrogens is 478 g/mol. The quantitative estimate of drug-likeness (QED) is 0.386. The lowest BCUT2D eigenvalue weighted by molar-refractivity contribution is 0.215. The van der Waals surface area contributed by atoms with Crippen LogP contribution in [0.1, 0.15) is 44.9 Å². The molecule has 2 aromatic heterocycles. The molecule has 2 saturated heterocycles. The molecule has 38 heavy (non-hydrogen) atoms. The monoisotopic (exact) mass is 519 g/mol. The van der Waals surface area contributed by atoms with Gasteiger partial charge >= 0.3 is 0 Å². The zero-order chi connectivity index (χ0) is 25.7. The van der Waals surface area contributed by atoms with Crippen LogP contribution >= 0.6 is 0 Å². The molecule has 10 heteroatoms. The maximum Gasteiger partial charge on any atom is 0.231 e. The molecule has 1 saturated carbocycles. The second kappa shape index (κ2) is 11.7. The van der Waals surface area contributed by atoms with Gasteiger partial charge in [0.1, 0.15) is 11.3 Å². The number of nitrogens with zero attached hydrogens (tertiary/aromatic N) is 6. The van der Waals surface area contributed by atoms with E-state index in [0.29, 0.717) is 12.0 Å². The number of aromatic nitrogens is 4. The van der Waals surface area contributed by atoms with Crippen LogP contribution in [-0.4, -0.2) is 95.2 Å². The van der Waals surface area contributed by atoms with Crippen LogP contribution < -0.4 is 20.3 Å². The third kappa shape index (κ3) is 5.81. The van der Waals surface area contributed by atoms with Crippen molar-refractivity contribution in [3.05, 3.63) is 24.5 Å². The summed E-state index contributed by atoms with van der Waals surface area (Å²) in [6, 6.07) is 6.79. The number of piperazine rings is 1. The summed E-state index contributed by atoms with van der Waals surface area (Å²) in [5, 5.41) is 7.02. The first kappa shape index (κ1) is 25.2. The summed E-state index contributed by atoms with van der Waals surface area (Å²) in [6.45, 7) is 9.21. The Balaban J connectivity index is 1.11. The summed E-state index contributed by atoms with van der Waals surface area (Å²) in [7, 11) is 1.72. The molecule has 0 spiro atoms. The number of H-pyrrole nitrogens is 1. The largest absolute Gasteiger partial charge is 0.494 e. The van der Waals surface area contributed by atoms with E-state index in [1.807, 2.05) is 0 Å². The fourth-order valence-corrected chi connectivity index (χ4v) is 6.05. The highest BCUT2D eigenvalue weighted by Gasteiger charge is 2.21. The van der Waals surface area contributed by atoms with E-state index in [9.17, 15) is 0 Å². The van der Waals surface area contributed by atoms with Gasteiger partial charge in [-0.2, -0.15) is 9.97 Å². The van der Waals surface area contributed by atoms with Gasteiger partial charge in [0, 0.05) is 57.1 Å². The van der Waals surface area contributed by atoms with Crippen LogP contribution in [0.3, 0.4) is 0 Å². The number of methoxy groups -OCH3 is 1. The van der Waals surface area contributed by atoms with Crippen molar-refractivity contribution < 1.29 is 4.74 Å². The van der Waals surface area contributed by atoms with Gasteiger partial charge in [0.2, 0.25) is 5.95 Å². The minimum Gasteiger partial charge on any atom is -0.494 e. The van der Waals surface area contributed by atoms with E-state index in [1.54, 1.807) is 13.4 Å². The summed E-state index contributed by atoms with van der Waals surface area (Å²) >= 11 is 0.